The maximum atomic E-state index is 12.7. The number of hydrogen-bond acceptors (Lipinski definition) is 5. The minimum absolute atomic E-state index is 0.0360. The molecule has 0 saturated carbocycles. The standard InChI is InChI=1S/C23H22Cl2N4O4/c24-17-5-6-21(19(25)11-17)33-15-22(30)27-26-12-16-13-29(20-4-2-1-3-18(16)20)14-23(31)28-7-9-32-10-8-28/h1-6,11-13H,7-10,14-15H2,(H,27,30)/b26-12+. The molecule has 0 spiro atoms. The molecule has 33 heavy (non-hydrogen) atoms. The summed E-state index contributed by atoms with van der Waals surface area (Å²) in [6.45, 7) is 2.28. The molecule has 2 amide bonds. The van der Waals surface area contributed by atoms with Gasteiger partial charge in [0.2, 0.25) is 5.91 Å². The Hall–Kier alpha value is -3.07. The summed E-state index contributed by atoms with van der Waals surface area (Å²) in [6, 6.07) is 12.5. The number of carbonyl (C=O) groups is 2. The molecule has 8 nitrogen and oxygen atoms in total. The van der Waals surface area contributed by atoms with E-state index in [0.717, 1.165) is 16.5 Å². The number of nitrogens with zero attached hydrogens (tertiary/aromatic N) is 3. The fraction of sp³-hybridized carbons (Fsp3) is 0.261. The number of ether oxygens (including phenoxy) is 2. The number of hydrogen-bond donors (Lipinski definition) is 1. The number of para-hydroxylation sites is 1. The van der Waals surface area contributed by atoms with Gasteiger partial charge in [-0.25, -0.2) is 5.43 Å². The highest BCUT2D eigenvalue weighted by atomic mass is 35.5. The number of benzene rings is 2. The van der Waals surface area contributed by atoms with Crippen LogP contribution >= 0.6 is 23.2 Å². The molecule has 2 heterocycles. The minimum Gasteiger partial charge on any atom is -0.482 e. The first-order valence-corrected chi connectivity index (χ1v) is 11.1. The van der Waals surface area contributed by atoms with E-state index in [0.29, 0.717) is 42.1 Å². The smallest absolute Gasteiger partial charge is 0.277 e. The van der Waals surface area contributed by atoms with Crippen LogP contribution in [0.2, 0.25) is 10.0 Å². The maximum absolute atomic E-state index is 12.7. The minimum atomic E-state index is -0.441. The molecule has 1 saturated heterocycles. The first-order valence-electron chi connectivity index (χ1n) is 10.3. The Labute approximate surface area is 200 Å². The molecule has 1 aliphatic rings. The van der Waals surface area contributed by atoms with Crippen molar-refractivity contribution in [1.82, 2.24) is 14.9 Å². The van der Waals surface area contributed by atoms with E-state index in [1.165, 1.54) is 6.07 Å². The van der Waals surface area contributed by atoms with E-state index in [4.69, 9.17) is 32.7 Å². The average Bonchev–Trinajstić information content (AvgIpc) is 3.16. The van der Waals surface area contributed by atoms with Crippen LogP contribution in [0, 0.1) is 0 Å². The second kappa shape index (κ2) is 10.7. The molecule has 4 rings (SSSR count). The normalized spacial score (nSPS) is 14.1. The Bertz CT molecular complexity index is 1190. The van der Waals surface area contributed by atoms with Crippen LogP contribution in [-0.4, -0.2) is 60.4 Å². The fourth-order valence-corrected chi connectivity index (χ4v) is 3.97. The van der Waals surface area contributed by atoms with Gasteiger partial charge in [0.25, 0.3) is 5.91 Å². The van der Waals surface area contributed by atoms with E-state index >= 15 is 0 Å². The lowest BCUT2D eigenvalue weighted by Crippen LogP contribution is -2.42. The van der Waals surface area contributed by atoms with E-state index in [2.05, 4.69) is 10.5 Å². The van der Waals surface area contributed by atoms with Crippen molar-refractivity contribution in [1.29, 1.82) is 0 Å². The van der Waals surface area contributed by atoms with Crippen LogP contribution in [0.25, 0.3) is 10.9 Å². The van der Waals surface area contributed by atoms with Gasteiger partial charge in [-0.15, -0.1) is 0 Å². The number of morpholine rings is 1. The van der Waals surface area contributed by atoms with Crippen LogP contribution in [0.3, 0.4) is 0 Å². The Morgan fingerprint density at radius 3 is 2.73 bits per heavy atom. The van der Waals surface area contributed by atoms with Crippen molar-refractivity contribution in [2.75, 3.05) is 32.9 Å². The molecule has 1 fully saturated rings. The molecule has 1 aromatic heterocycles. The summed E-state index contributed by atoms with van der Waals surface area (Å²) >= 11 is 11.9. The SMILES string of the molecule is O=C(COc1ccc(Cl)cc1Cl)N/N=C/c1cn(CC(=O)N2CCOCC2)c2ccccc12. The molecule has 3 aromatic rings. The molecule has 2 aromatic carbocycles. The summed E-state index contributed by atoms with van der Waals surface area (Å²) in [5, 5.41) is 5.76. The molecule has 0 unspecified atom stereocenters. The zero-order valence-corrected chi connectivity index (χ0v) is 19.2. The van der Waals surface area contributed by atoms with Crippen molar-refractivity contribution < 1.29 is 19.1 Å². The van der Waals surface area contributed by atoms with Crippen LogP contribution in [0.15, 0.2) is 53.8 Å². The summed E-state index contributed by atoms with van der Waals surface area (Å²) < 4.78 is 12.6. The summed E-state index contributed by atoms with van der Waals surface area (Å²) in [5.74, 6) is -0.0504. The number of hydrazone groups is 1. The van der Waals surface area contributed by atoms with Gasteiger partial charge in [-0.3, -0.25) is 9.59 Å². The second-order valence-corrected chi connectivity index (χ2v) is 8.22. The number of halogens is 2. The number of amides is 2. The van der Waals surface area contributed by atoms with Crippen molar-refractivity contribution in [2.24, 2.45) is 5.10 Å². The third-order valence-electron chi connectivity index (χ3n) is 5.13. The van der Waals surface area contributed by atoms with E-state index in [-0.39, 0.29) is 19.1 Å². The lowest BCUT2D eigenvalue weighted by atomic mass is 10.2. The monoisotopic (exact) mass is 488 g/mol. The summed E-state index contributed by atoms with van der Waals surface area (Å²) in [4.78, 5) is 26.6. The lowest BCUT2D eigenvalue weighted by molar-refractivity contribution is -0.135. The Morgan fingerprint density at radius 1 is 1.15 bits per heavy atom. The third-order valence-corrected chi connectivity index (χ3v) is 5.66. The number of carbonyl (C=O) groups excluding carboxylic acids is 2. The first-order chi connectivity index (χ1) is 16.0. The quantitative estimate of drug-likeness (QED) is 0.408. The van der Waals surface area contributed by atoms with E-state index in [1.807, 2.05) is 35.0 Å². The van der Waals surface area contributed by atoms with Gasteiger partial charge >= 0.3 is 0 Å². The van der Waals surface area contributed by atoms with Crippen molar-refractivity contribution in [3.8, 4) is 5.75 Å². The van der Waals surface area contributed by atoms with Crippen molar-refractivity contribution in [2.45, 2.75) is 6.54 Å². The van der Waals surface area contributed by atoms with Gasteiger partial charge in [-0.2, -0.15) is 5.10 Å². The van der Waals surface area contributed by atoms with Crippen LogP contribution in [-0.2, 0) is 20.9 Å². The van der Waals surface area contributed by atoms with E-state index < -0.39 is 5.91 Å². The van der Waals surface area contributed by atoms with E-state index in [9.17, 15) is 9.59 Å². The molecule has 0 atom stereocenters. The van der Waals surface area contributed by atoms with Gasteiger partial charge < -0.3 is 18.9 Å². The van der Waals surface area contributed by atoms with Crippen molar-refractivity contribution >= 4 is 52.1 Å². The topological polar surface area (TPSA) is 85.2 Å². The number of rotatable bonds is 7. The maximum Gasteiger partial charge on any atom is 0.277 e. The molecule has 0 radical (unpaired) electrons. The largest absolute Gasteiger partial charge is 0.482 e. The van der Waals surface area contributed by atoms with Crippen molar-refractivity contribution in [3.63, 3.8) is 0 Å². The summed E-state index contributed by atoms with van der Waals surface area (Å²) in [5.41, 5.74) is 4.13. The zero-order valence-electron chi connectivity index (χ0n) is 17.7. The fourth-order valence-electron chi connectivity index (χ4n) is 3.51. The van der Waals surface area contributed by atoms with Gasteiger partial charge in [-0.05, 0) is 24.3 Å². The first kappa shape index (κ1) is 23.1. The Kier molecular flexibility index (Phi) is 7.49. The highest BCUT2D eigenvalue weighted by molar-refractivity contribution is 6.35. The van der Waals surface area contributed by atoms with E-state index in [1.54, 1.807) is 23.2 Å². The van der Waals surface area contributed by atoms with Gasteiger partial charge in [0.1, 0.15) is 12.3 Å². The van der Waals surface area contributed by atoms with Gasteiger partial charge in [0.05, 0.1) is 24.5 Å². The zero-order chi connectivity index (χ0) is 23.2. The summed E-state index contributed by atoms with van der Waals surface area (Å²) in [7, 11) is 0. The highest BCUT2D eigenvalue weighted by Gasteiger charge is 2.18. The molecule has 10 heteroatoms. The van der Waals surface area contributed by atoms with Gasteiger partial charge in [0.15, 0.2) is 6.61 Å². The van der Waals surface area contributed by atoms with Crippen LogP contribution in [0.4, 0.5) is 0 Å². The molecular weight excluding hydrogens is 467 g/mol. The van der Waals surface area contributed by atoms with Gasteiger partial charge in [-0.1, -0.05) is 41.4 Å². The molecule has 172 valence electrons. The third kappa shape index (κ3) is 5.84. The summed E-state index contributed by atoms with van der Waals surface area (Å²) in [6.07, 6.45) is 3.40. The van der Waals surface area contributed by atoms with Gasteiger partial charge in [0, 0.05) is 40.8 Å². The second-order valence-electron chi connectivity index (χ2n) is 7.38. The number of aromatic nitrogens is 1. The molecule has 0 aliphatic carbocycles. The van der Waals surface area contributed by atoms with Crippen LogP contribution in [0.5, 0.6) is 5.75 Å². The lowest BCUT2D eigenvalue weighted by Gasteiger charge is -2.27. The highest BCUT2D eigenvalue weighted by Crippen LogP contribution is 2.27. The predicted octanol–water partition coefficient (Wildman–Crippen LogP) is 3.34. The Morgan fingerprint density at radius 2 is 1.94 bits per heavy atom. The molecule has 1 N–H and O–H groups in total. The van der Waals surface area contributed by atoms with Crippen LogP contribution in [0.1, 0.15) is 5.56 Å². The number of nitrogens with one attached hydrogen (secondary N) is 1. The predicted molar refractivity (Wildman–Crippen MR) is 127 cm³/mol. The Balaban J connectivity index is 1.39. The number of fused-ring (bicyclic) bond motifs is 1. The average molecular weight is 489 g/mol. The molecule has 0 bridgehead atoms. The van der Waals surface area contributed by atoms with Crippen molar-refractivity contribution in [3.05, 3.63) is 64.3 Å². The molecular formula is C23H22Cl2N4O4. The van der Waals surface area contributed by atoms with Crippen LogP contribution < -0.4 is 10.2 Å². The molecule has 1 aliphatic heterocycles.